The molecule has 3 heterocycles. The molecular weight excluding hydrogens is 292 g/mol. The number of nitrogens with zero attached hydrogens (tertiary/aromatic N) is 4. The molecule has 0 spiro atoms. The van der Waals surface area contributed by atoms with Gasteiger partial charge in [-0.1, -0.05) is 0 Å². The first kappa shape index (κ1) is 15.0. The van der Waals surface area contributed by atoms with Crippen molar-refractivity contribution in [1.29, 1.82) is 0 Å². The topological polar surface area (TPSA) is 67.7 Å². The second-order valence-corrected chi connectivity index (χ2v) is 7.76. The fraction of sp³-hybridized carbons (Fsp3) is 0.769. The van der Waals surface area contributed by atoms with Crippen molar-refractivity contribution in [3.63, 3.8) is 0 Å². The third-order valence-corrected chi connectivity index (χ3v) is 5.66. The van der Waals surface area contributed by atoms with E-state index in [0.29, 0.717) is 19.7 Å². The van der Waals surface area contributed by atoms with Gasteiger partial charge in [0.05, 0.1) is 30.7 Å². The summed E-state index contributed by atoms with van der Waals surface area (Å²) < 4.78 is 33.1. The Hall–Kier alpha value is -0.960. The van der Waals surface area contributed by atoms with E-state index in [1.54, 1.807) is 10.5 Å². The number of aromatic nitrogens is 2. The van der Waals surface area contributed by atoms with Gasteiger partial charge < -0.3 is 4.74 Å². The summed E-state index contributed by atoms with van der Waals surface area (Å²) >= 11 is 0. The fourth-order valence-electron chi connectivity index (χ4n) is 3.25. The van der Waals surface area contributed by atoms with Gasteiger partial charge in [-0.3, -0.25) is 9.58 Å². The highest BCUT2D eigenvalue weighted by molar-refractivity contribution is 7.88. The summed E-state index contributed by atoms with van der Waals surface area (Å²) in [5.41, 5.74) is 1.14. The molecule has 2 saturated heterocycles. The Balaban J connectivity index is 1.73. The molecule has 8 heteroatoms. The SMILES string of the molecule is Cn1nccc1CN1CC[C@@H]2OCCN(S(C)(=O)=O)[C@H]2C1. The van der Waals surface area contributed by atoms with E-state index < -0.39 is 10.0 Å². The van der Waals surface area contributed by atoms with E-state index in [4.69, 9.17) is 4.74 Å². The molecule has 7 nitrogen and oxygen atoms in total. The Morgan fingerprint density at radius 2 is 2.24 bits per heavy atom. The first-order valence-electron chi connectivity index (χ1n) is 7.23. The number of rotatable bonds is 3. The van der Waals surface area contributed by atoms with Crippen LogP contribution in [0.25, 0.3) is 0 Å². The summed E-state index contributed by atoms with van der Waals surface area (Å²) in [4.78, 5) is 2.28. The van der Waals surface area contributed by atoms with Gasteiger partial charge in [-0.2, -0.15) is 9.40 Å². The normalized spacial score (nSPS) is 28.5. The molecule has 0 amide bonds. The molecule has 2 fully saturated rings. The number of aryl methyl sites for hydroxylation is 1. The molecule has 0 N–H and O–H groups in total. The van der Waals surface area contributed by atoms with Gasteiger partial charge in [0.1, 0.15) is 0 Å². The molecule has 21 heavy (non-hydrogen) atoms. The highest BCUT2D eigenvalue weighted by Crippen LogP contribution is 2.25. The van der Waals surface area contributed by atoms with Gasteiger partial charge in [-0.05, 0) is 12.5 Å². The summed E-state index contributed by atoms with van der Waals surface area (Å²) in [6, 6.07) is 1.92. The largest absolute Gasteiger partial charge is 0.375 e. The quantitative estimate of drug-likeness (QED) is 0.763. The summed E-state index contributed by atoms with van der Waals surface area (Å²) in [6.45, 7) is 3.37. The van der Waals surface area contributed by atoms with Crippen LogP contribution in [-0.2, 0) is 28.4 Å². The van der Waals surface area contributed by atoms with E-state index in [0.717, 1.165) is 25.2 Å². The van der Waals surface area contributed by atoms with Crippen molar-refractivity contribution in [2.75, 3.05) is 32.5 Å². The van der Waals surface area contributed by atoms with Crippen molar-refractivity contribution in [1.82, 2.24) is 19.0 Å². The molecular formula is C13H22N4O3S. The van der Waals surface area contributed by atoms with Crippen molar-refractivity contribution in [3.8, 4) is 0 Å². The molecule has 0 bridgehead atoms. The zero-order chi connectivity index (χ0) is 15.0. The molecule has 2 aliphatic heterocycles. The van der Waals surface area contributed by atoms with Crippen LogP contribution < -0.4 is 0 Å². The van der Waals surface area contributed by atoms with Crippen molar-refractivity contribution >= 4 is 10.0 Å². The molecule has 1 aromatic heterocycles. The standard InChI is InChI=1S/C13H22N4O3S/c1-15-11(3-5-14-15)9-16-6-4-13-12(10-16)17(7-8-20-13)21(2,18)19/h3,5,12-13H,4,6-10H2,1-2H3/t12-,13-/m0/s1. The Labute approximate surface area is 125 Å². The second kappa shape index (κ2) is 5.68. The minimum atomic E-state index is -3.18. The number of hydrogen-bond acceptors (Lipinski definition) is 5. The Kier molecular flexibility index (Phi) is 4.04. The average Bonchev–Trinajstić information content (AvgIpc) is 2.82. The van der Waals surface area contributed by atoms with Gasteiger partial charge in [0.25, 0.3) is 0 Å². The van der Waals surface area contributed by atoms with Crippen LogP contribution in [0.3, 0.4) is 0 Å². The maximum Gasteiger partial charge on any atom is 0.211 e. The molecule has 3 rings (SSSR count). The van der Waals surface area contributed by atoms with Crippen LogP contribution in [0.4, 0.5) is 0 Å². The molecule has 118 valence electrons. The van der Waals surface area contributed by atoms with Crippen LogP contribution in [0.1, 0.15) is 12.1 Å². The van der Waals surface area contributed by atoms with E-state index in [1.165, 1.54) is 6.26 Å². The van der Waals surface area contributed by atoms with E-state index in [1.807, 2.05) is 17.8 Å². The molecule has 0 unspecified atom stereocenters. The van der Waals surface area contributed by atoms with Crippen LogP contribution in [0, 0.1) is 0 Å². The monoisotopic (exact) mass is 314 g/mol. The molecule has 2 atom stereocenters. The highest BCUT2D eigenvalue weighted by Gasteiger charge is 2.40. The lowest BCUT2D eigenvalue weighted by atomic mass is 10.0. The van der Waals surface area contributed by atoms with Crippen molar-refractivity contribution in [3.05, 3.63) is 18.0 Å². The number of morpholine rings is 1. The summed E-state index contributed by atoms with van der Waals surface area (Å²) in [7, 11) is -1.26. The lowest BCUT2D eigenvalue weighted by Gasteiger charge is -2.45. The maximum absolute atomic E-state index is 12.0. The molecule has 0 saturated carbocycles. The van der Waals surface area contributed by atoms with E-state index in [-0.39, 0.29) is 12.1 Å². The first-order valence-corrected chi connectivity index (χ1v) is 9.07. The zero-order valence-corrected chi connectivity index (χ0v) is 13.3. The number of sulfonamides is 1. The highest BCUT2D eigenvalue weighted by atomic mass is 32.2. The van der Waals surface area contributed by atoms with Gasteiger partial charge in [0.15, 0.2) is 0 Å². The van der Waals surface area contributed by atoms with Crippen LogP contribution in [-0.4, -0.2) is 72.0 Å². The number of piperidine rings is 1. The molecule has 2 aliphatic rings. The van der Waals surface area contributed by atoms with Crippen LogP contribution in [0.2, 0.25) is 0 Å². The summed E-state index contributed by atoms with van der Waals surface area (Å²) in [6.07, 6.45) is 3.97. The van der Waals surface area contributed by atoms with Gasteiger partial charge in [0, 0.05) is 39.4 Å². The van der Waals surface area contributed by atoms with Crippen LogP contribution >= 0.6 is 0 Å². The fourth-order valence-corrected chi connectivity index (χ4v) is 4.35. The minimum absolute atomic E-state index is 0.0243. The van der Waals surface area contributed by atoms with Crippen LogP contribution in [0.15, 0.2) is 12.3 Å². The molecule has 1 aromatic rings. The van der Waals surface area contributed by atoms with E-state index in [2.05, 4.69) is 10.00 Å². The minimum Gasteiger partial charge on any atom is -0.375 e. The molecule has 0 aromatic carbocycles. The number of hydrogen-bond donors (Lipinski definition) is 0. The third kappa shape index (κ3) is 3.13. The van der Waals surface area contributed by atoms with Crippen molar-refractivity contribution < 1.29 is 13.2 Å². The summed E-state index contributed by atoms with van der Waals surface area (Å²) in [5, 5.41) is 4.18. The lowest BCUT2D eigenvalue weighted by molar-refractivity contribution is -0.0770. The van der Waals surface area contributed by atoms with Crippen molar-refractivity contribution in [2.45, 2.75) is 25.1 Å². The maximum atomic E-state index is 12.0. The smallest absolute Gasteiger partial charge is 0.211 e. The second-order valence-electron chi connectivity index (χ2n) is 5.82. The Morgan fingerprint density at radius 1 is 1.43 bits per heavy atom. The van der Waals surface area contributed by atoms with Crippen molar-refractivity contribution in [2.24, 2.45) is 7.05 Å². The number of fused-ring (bicyclic) bond motifs is 1. The van der Waals surface area contributed by atoms with Gasteiger partial charge in [-0.25, -0.2) is 8.42 Å². The first-order chi connectivity index (χ1) is 9.95. The zero-order valence-electron chi connectivity index (χ0n) is 12.5. The third-order valence-electron chi connectivity index (χ3n) is 4.35. The number of ether oxygens (including phenoxy) is 1. The van der Waals surface area contributed by atoms with E-state index >= 15 is 0 Å². The van der Waals surface area contributed by atoms with E-state index in [9.17, 15) is 8.42 Å². The predicted octanol–water partition coefficient (Wildman–Crippen LogP) is -0.345. The molecule has 0 radical (unpaired) electrons. The number of likely N-dealkylation sites (tertiary alicyclic amines) is 1. The lowest BCUT2D eigenvalue weighted by Crippen LogP contribution is -2.60. The van der Waals surface area contributed by atoms with Gasteiger partial charge >= 0.3 is 0 Å². The Morgan fingerprint density at radius 3 is 2.90 bits per heavy atom. The molecule has 0 aliphatic carbocycles. The van der Waals surface area contributed by atoms with Gasteiger partial charge in [0.2, 0.25) is 10.0 Å². The average molecular weight is 314 g/mol. The summed E-state index contributed by atoms with van der Waals surface area (Å²) in [5.74, 6) is 0. The predicted molar refractivity (Wildman–Crippen MR) is 78.2 cm³/mol. The van der Waals surface area contributed by atoms with Gasteiger partial charge in [-0.15, -0.1) is 0 Å². The Bertz CT molecular complexity index is 600. The van der Waals surface area contributed by atoms with Crippen LogP contribution in [0.5, 0.6) is 0 Å².